The van der Waals surface area contributed by atoms with Crippen LogP contribution in [0.3, 0.4) is 0 Å². The first-order valence-corrected chi connectivity index (χ1v) is 8.50. The van der Waals surface area contributed by atoms with Gasteiger partial charge in [0.15, 0.2) is 17.3 Å². The van der Waals surface area contributed by atoms with Gasteiger partial charge in [0.05, 0.1) is 23.6 Å². The van der Waals surface area contributed by atoms with E-state index in [9.17, 15) is 13.6 Å². The molecule has 0 aliphatic rings. The van der Waals surface area contributed by atoms with Crippen molar-refractivity contribution >= 4 is 22.6 Å². The highest BCUT2D eigenvalue weighted by Gasteiger charge is 2.13. The van der Waals surface area contributed by atoms with Crippen LogP contribution in [0.15, 0.2) is 41.1 Å². The zero-order chi connectivity index (χ0) is 19.7. The van der Waals surface area contributed by atoms with Gasteiger partial charge in [0.1, 0.15) is 11.6 Å². The molecular formula is C19H15F2N5O2. The Kier molecular flexibility index (Phi) is 4.56. The number of anilines is 1. The molecule has 0 unspecified atom stereocenters. The molecule has 142 valence electrons. The number of carbonyl (C=O) groups is 1. The molecule has 0 spiro atoms. The number of oxazole rings is 1. The molecule has 4 rings (SSSR count). The summed E-state index contributed by atoms with van der Waals surface area (Å²) in [6.07, 6.45) is 3.23. The first-order chi connectivity index (χ1) is 13.5. The summed E-state index contributed by atoms with van der Waals surface area (Å²) in [7, 11) is 0. The zero-order valence-electron chi connectivity index (χ0n) is 14.8. The van der Waals surface area contributed by atoms with Crippen molar-refractivity contribution in [1.29, 1.82) is 0 Å². The molecule has 0 atom stereocenters. The quantitative estimate of drug-likeness (QED) is 0.547. The average molecular weight is 383 g/mol. The van der Waals surface area contributed by atoms with E-state index in [0.717, 1.165) is 23.2 Å². The van der Waals surface area contributed by atoms with Gasteiger partial charge in [-0.3, -0.25) is 9.89 Å². The maximum absolute atomic E-state index is 13.8. The molecule has 0 saturated carbocycles. The lowest BCUT2D eigenvalue weighted by Crippen LogP contribution is -2.12. The number of halogens is 2. The number of benzene rings is 1. The van der Waals surface area contributed by atoms with Gasteiger partial charge in [-0.1, -0.05) is 0 Å². The van der Waals surface area contributed by atoms with Crippen molar-refractivity contribution in [1.82, 2.24) is 20.2 Å². The number of nitrogens with one attached hydrogen (secondary N) is 2. The Labute approximate surface area is 157 Å². The number of H-pyrrole nitrogens is 1. The highest BCUT2D eigenvalue weighted by Crippen LogP contribution is 2.24. The smallest absolute Gasteiger partial charge is 0.224 e. The predicted octanol–water partition coefficient (Wildman–Crippen LogP) is 3.77. The van der Waals surface area contributed by atoms with Crippen LogP contribution in [0.25, 0.3) is 22.4 Å². The molecule has 1 aromatic carbocycles. The van der Waals surface area contributed by atoms with E-state index in [2.05, 4.69) is 25.5 Å². The minimum absolute atomic E-state index is 0.111. The Bertz CT molecular complexity index is 1170. The molecule has 28 heavy (non-hydrogen) atoms. The second-order valence-corrected chi connectivity index (χ2v) is 6.23. The first-order valence-electron chi connectivity index (χ1n) is 8.50. The Morgan fingerprint density at radius 3 is 2.89 bits per heavy atom. The largest absolute Gasteiger partial charge is 0.441 e. The summed E-state index contributed by atoms with van der Waals surface area (Å²) < 4.78 is 32.3. The van der Waals surface area contributed by atoms with Gasteiger partial charge in [-0.2, -0.15) is 5.10 Å². The summed E-state index contributed by atoms with van der Waals surface area (Å²) in [4.78, 5) is 20.4. The van der Waals surface area contributed by atoms with Gasteiger partial charge in [-0.05, 0) is 25.1 Å². The van der Waals surface area contributed by atoms with Crippen molar-refractivity contribution in [2.75, 3.05) is 5.32 Å². The molecule has 0 aliphatic carbocycles. The van der Waals surface area contributed by atoms with Crippen molar-refractivity contribution in [3.63, 3.8) is 0 Å². The number of hydrogen-bond donors (Lipinski definition) is 2. The molecule has 3 heterocycles. The molecule has 0 radical (unpaired) electrons. The summed E-state index contributed by atoms with van der Waals surface area (Å²) >= 11 is 0. The number of fused-ring (bicyclic) bond motifs is 1. The van der Waals surface area contributed by atoms with Crippen LogP contribution >= 0.6 is 0 Å². The fourth-order valence-corrected chi connectivity index (χ4v) is 2.77. The number of hydrogen-bond acceptors (Lipinski definition) is 5. The van der Waals surface area contributed by atoms with Gasteiger partial charge in [0.25, 0.3) is 0 Å². The summed E-state index contributed by atoms with van der Waals surface area (Å²) in [5, 5.41) is 10.5. The van der Waals surface area contributed by atoms with Crippen molar-refractivity contribution < 1.29 is 18.0 Å². The van der Waals surface area contributed by atoms with Crippen molar-refractivity contribution in [2.24, 2.45) is 0 Å². The Morgan fingerprint density at radius 1 is 1.21 bits per heavy atom. The minimum Gasteiger partial charge on any atom is -0.441 e. The van der Waals surface area contributed by atoms with E-state index in [1.807, 2.05) is 6.92 Å². The third kappa shape index (κ3) is 3.59. The lowest BCUT2D eigenvalue weighted by molar-refractivity contribution is -0.116. The Balaban J connectivity index is 1.39. The van der Waals surface area contributed by atoms with Gasteiger partial charge < -0.3 is 9.73 Å². The molecule has 4 aromatic rings. The first kappa shape index (κ1) is 17.8. The molecule has 9 heteroatoms. The molecule has 0 aliphatic heterocycles. The third-order valence-corrected chi connectivity index (χ3v) is 4.20. The fraction of sp³-hybridized carbons (Fsp3) is 0.158. The van der Waals surface area contributed by atoms with Crippen LogP contribution in [0.5, 0.6) is 0 Å². The van der Waals surface area contributed by atoms with Gasteiger partial charge in [-0.25, -0.2) is 18.7 Å². The van der Waals surface area contributed by atoms with E-state index in [-0.39, 0.29) is 36.0 Å². The molecule has 1 amide bonds. The van der Waals surface area contributed by atoms with Crippen molar-refractivity contribution in [3.8, 4) is 11.3 Å². The maximum Gasteiger partial charge on any atom is 0.224 e. The number of aryl methyl sites for hydroxylation is 2. The normalized spacial score (nSPS) is 11.1. The van der Waals surface area contributed by atoms with Crippen molar-refractivity contribution in [2.45, 2.75) is 19.8 Å². The summed E-state index contributed by atoms with van der Waals surface area (Å²) in [5.74, 6) is -1.19. The topological polar surface area (TPSA) is 96.7 Å². The lowest BCUT2D eigenvalue weighted by Gasteiger charge is -2.04. The van der Waals surface area contributed by atoms with E-state index in [4.69, 9.17) is 4.42 Å². The van der Waals surface area contributed by atoms with Crippen LogP contribution in [0.4, 0.5) is 14.5 Å². The van der Waals surface area contributed by atoms with Gasteiger partial charge in [-0.15, -0.1) is 0 Å². The number of rotatable bonds is 5. The number of nitrogens with zero attached hydrogens (tertiary/aromatic N) is 3. The molecule has 7 nitrogen and oxygen atoms in total. The number of pyridine rings is 1. The molecule has 2 N–H and O–H groups in total. The fourth-order valence-electron chi connectivity index (χ4n) is 2.77. The van der Waals surface area contributed by atoms with E-state index in [0.29, 0.717) is 11.3 Å². The molecule has 3 aromatic heterocycles. The van der Waals surface area contributed by atoms with Crippen LogP contribution in [-0.2, 0) is 11.2 Å². The summed E-state index contributed by atoms with van der Waals surface area (Å²) in [6, 6.07) is 4.99. The van der Waals surface area contributed by atoms with E-state index in [1.165, 1.54) is 18.5 Å². The minimum atomic E-state index is -0.738. The van der Waals surface area contributed by atoms with Crippen LogP contribution in [0.2, 0.25) is 0 Å². The monoisotopic (exact) mass is 383 g/mol. The zero-order valence-corrected chi connectivity index (χ0v) is 14.8. The second kappa shape index (κ2) is 7.18. The van der Waals surface area contributed by atoms with Crippen LogP contribution in [0, 0.1) is 18.6 Å². The van der Waals surface area contributed by atoms with E-state index in [1.54, 1.807) is 6.07 Å². The van der Waals surface area contributed by atoms with E-state index < -0.39 is 11.6 Å². The third-order valence-electron chi connectivity index (χ3n) is 4.20. The molecule has 0 fully saturated rings. The number of aromatic nitrogens is 4. The highest BCUT2D eigenvalue weighted by molar-refractivity contribution is 5.93. The standard InChI is InChI=1S/C19H15F2N5O2/c1-10-14-7-12(8-23-19(14)26-25-10)24-17(27)4-5-18-22-9-16(28-18)13-3-2-11(20)6-15(13)21/h2-3,6-9H,4-5H2,1H3,(H,24,27)(H,23,25,26). The molecule has 0 saturated heterocycles. The average Bonchev–Trinajstić information content (AvgIpc) is 3.27. The summed E-state index contributed by atoms with van der Waals surface area (Å²) in [6.45, 7) is 1.87. The molecular weight excluding hydrogens is 368 g/mol. The summed E-state index contributed by atoms with van der Waals surface area (Å²) in [5.41, 5.74) is 2.11. The number of carbonyl (C=O) groups excluding carboxylic acids is 1. The number of amides is 1. The SMILES string of the molecule is Cc1[nH]nc2ncc(NC(=O)CCc3ncc(-c4ccc(F)cc4F)o3)cc12. The Morgan fingerprint density at radius 2 is 2.07 bits per heavy atom. The van der Waals surface area contributed by atoms with Gasteiger partial charge in [0.2, 0.25) is 5.91 Å². The molecule has 0 bridgehead atoms. The van der Waals surface area contributed by atoms with Gasteiger partial charge in [0, 0.05) is 30.0 Å². The van der Waals surface area contributed by atoms with Crippen LogP contribution in [-0.4, -0.2) is 26.1 Å². The van der Waals surface area contributed by atoms with E-state index >= 15 is 0 Å². The number of aromatic amines is 1. The van der Waals surface area contributed by atoms with Gasteiger partial charge >= 0.3 is 0 Å². The maximum atomic E-state index is 13.8. The predicted molar refractivity (Wildman–Crippen MR) is 97.4 cm³/mol. The lowest BCUT2D eigenvalue weighted by atomic mass is 10.2. The van der Waals surface area contributed by atoms with Crippen LogP contribution in [0.1, 0.15) is 18.0 Å². The Hall–Kier alpha value is -3.62. The van der Waals surface area contributed by atoms with Crippen molar-refractivity contribution in [3.05, 3.63) is 59.9 Å². The second-order valence-electron chi connectivity index (χ2n) is 6.23. The van der Waals surface area contributed by atoms with Crippen LogP contribution < -0.4 is 5.32 Å². The highest BCUT2D eigenvalue weighted by atomic mass is 19.1.